The van der Waals surface area contributed by atoms with Gasteiger partial charge in [0.05, 0.1) is 7.11 Å². The van der Waals surface area contributed by atoms with E-state index in [-0.39, 0.29) is 6.61 Å². The van der Waals surface area contributed by atoms with E-state index in [1.54, 1.807) is 7.11 Å². The Bertz CT molecular complexity index is 355. The second kappa shape index (κ2) is 8.72. The summed E-state index contributed by atoms with van der Waals surface area (Å²) in [5, 5.41) is 15.4. The lowest BCUT2D eigenvalue weighted by Crippen LogP contribution is -2.37. The van der Waals surface area contributed by atoms with Gasteiger partial charge in [-0.1, -0.05) is 12.1 Å². The molecule has 0 aliphatic heterocycles. The molecule has 18 heavy (non-hydrogen) atoms. The number of rotatable bonds is 7. The molecule has 4 nitrogen and oxygen atoms in total. The number of ether oxygens (including phenoxy) is 1. The minimum atomic E-state index is 0.182. The van der Waals surface area contributed by atoms with Gasteiger partial charge in [-0.25, -0.2) is 0 Å². The summed E-state index contributed by atoms with van der Waals surface area (Å²) in [6.07, 6.45) is 1.62. The van der Waals surface area contributed by atoms with Crippen LogP contribution in [0.4, 0.5) is 0 Å². The van der Waals surface area contributed by atoms with Gasteiger partial charge in [-0.2, -0.15) is 0 Å². The van der Waals surface area contributed by atoms with Crippen LogP contribution in [-0.2, 0) is 6.42 Å². The fourth-order valence-corrected chi connectivity index (χ4v) is 1.66. The van der Waals surface area contributed by atoms with Crippen LogP contribution in [0.15, 0.2) is 24.3 Å². The van der Waals surface area contributed by atoms with Crippen molar-refractivity contribution in [2.24, 2.45) is 0 Å². The predicted octanol–water partition coefficient (Wildman–Crippen LogP) is 1.08. The van der Waals surface area contributed by atoms with Crippen molar-refractivity contribution in [1.82, 2.24) is 10.6 Å². The summed E-state index contributed by atoms with van der Waals surface area (Å²) in [4.78, 5) is 0. The first-order valence-corrected chi connectivity index (χ1v) is 6.42. The molecule has 0 saturated carbocycles. The summed E-state index contributed by atoms with van der Waals surface area (Å²) in [7, 11) is 1.66. The highest BCUT2D eigenvalue weighted by Gasteiger charge is 1.97. The smallest absolute Gasteiger partial charge is 0.166 e. The number of hydrogen-bond acceptors (Lipinski definition) is 3. The molecule has 0 aliphatic carbocycles. The third kappa shape index (κ3) is 5.84. The Hall–Kier alpha value is -1.33. The number of aliphatic hydroxyl groups excluding tert-OH is 1. The molecular formula is C13H20N2O2S. The molecule has 0 fully saturated rings. The minimum absolute atomic E-state index is 0.182. The number of methoxy groups -OCH3 is 1. The van der Waals surface area contributed by atoms with Crippen LogP contribution in [0.5, 0.6) is 5.75 Å². The Kier molecular flexibility index (Phi) is 7.13. The lowest BCUT2D eigenvalue weighted by molar-refractivity contribution is 0.289. The van der Waals surface area contributed by atoms with E-state index < -0.39 is 0 Å². The maximum Gasteiger partial charge on any atom is 0.166 e. The normalized spacial score (nSPS) is 9.89. The summed E-state index contributed by atoms with van der Waals surface area (Å²) in [5.74, 6) is 0.868. The lowest BCUT2D eigenvalue weighted by atomic mass is 10.1. The molecule has 0 bridgehead atoms. The van der Waals surface area contributed by atoms with E-state index in [0.29, 0.717) is 18.1 Å². The molecule has 0 amide bonds. The SMILES string of the molecule is COc1ccc(CCNC(=S)NCCCO)cc1. The number of aliphatic hydroxyl groups is 1. The first kappa shape index (κ1) is 14.7. The van der Waals surface area contributed by atoms with Crippen LogP contribution in [0.25, 0.3) is 0 Å². The van der Waals surface area contributed by atoms with E-state index in [0.717, 1.165) is 18.7 Å². The Morgan fingerprint density at radius 3 is 2.50 bits per heavy atom. The largest absolute Gasteiger partial charge is 0.497 e. The molecule has 0 heterocycles. The van der Waals surface area contributed by atoms with Crippen LogP contribution in [0.3, 0.4) is 0 Å². The molecule has 0 aromatic heterocycles. The molecule has 5 heteroatoms. The highest BCUT2D eigenvalue weighted by molar-refractivity contribution is 7.80. The standard InChI is InChI=1S/C13H20N2O2S/c1-17-12-5-3-11(4-6-12)7-9-15-13(18)14-8-2-10-16/h3-6,16H,2,7-10H2,1H3,(H2,14,15,18). The van der Waals surface area contributed by atoms with Crippen molar-refractivity contribution in [2.75, 3.05) is 26.8 Å². The zero-order chi connectivity index (χ0) is 13.2. The van der Waals surface area contributed by atoms with Gasteiger partial charge in [0, 0.05) is 19.7 Å². The van der Waals surface area contributed by atoms with Crippen molar-refractivity contribution >= 4 is 17.3 Å². The highest BCUT2D eigenvalue weighted by atomic mass is 32.1. The summed E-state index contributed by atoms with van der Waals surface area (Å²) < 4.78 is 5.10. The molecule has 1 rings (SSSR count). The van der Waals surface area contributed by atoms with Crippen molar-refractivity contribution in [3.63, 3.8) is 0 Å². The maximum absolute atomic E-state index is 8.63. The van der Waals surface area contributed by atoms with Gasteiger partial charge >= 0.3 is 0 Å². The van der Waals surface area contributed by atoms with Crippen LogP contribution in [-0.4, -0.2) is 37.0 Å². The summed E-state index contributed by atoms with van der Waals surface area (Å²) in [5.41, 5.74) is 1.24. The van der Waals surface area contributed by atoms with E-state index in [4.69, 9.17) is 22.1 Å². The molecule has 0 aliphatic rings. The number of benzene rings is 1. The Morgan fingerprint density at radius 1 is 1.22 bits per heavy atom. The second-order valence-electron chi connectivity index (χ2n) is 3.86. The van der Waals surface area contributed by atoms with Crippen LogP contribution in [0.1, 0.15) is 12.0 Å². The van der Waals surface area contributed by atoms with Crippen LogP contribution in [0, 0.1) is 0 Å². The topological polar surface area (TPSA) is 53.5 Å². The molecule has 1 aromatic rings. The van der Waals surface area contributed by atoms with E-state index >= 15 is 0 Å². The molecule has 0 spiro atoms. The average molecular weight is 268 g/mol. The predicted molar refractivity (Wildman–Crippen MR) is 77.0 cm³/mol. The maximum atomic E-state index is 8.63. The van der Waals surface area contributed by atoms with Crippen molar-refractivity contribution in [1.29, 1.82) is 0 Å². The van der Waals surface area contributed by atoms with Crippen molar-refractivity contribution in [2.45, 2.75) is 12.8 Å². The number of thiocarbonyl (C=S) groups is 1. The van der Waals surface area contributed by atoms with Crippen molar-refractivity contribution in [3.05, 3.63) is 29.8 Å². The third-order valence-electron chi connectivity index (χ3n) is 2.48. The average Bonchev–Trinajstić information content (AvgIpc) is 2.40. The minimum Gasteiger partial charge on any atom is -0.497 e. The van der Waals surface area contributed by atoms with Gasteiger partial charge in [0.15, 0.2) is 5.11 Å². The molecular weight excluding hydrogens is 248 g/mol. The van der Waals surface area contributed by atoms with Crippen LogP contribution in [0.2, 0.25) is 0 Å². The molecule has 1 aromatic carbocycles. The first-order chi connectivity index (χ1) is 8.76. The first-order valence-electron chi connectivity index (χ1n) is 6.01. The third-order valence-corrected chi connectivity index (χ3v) is 2.77. The summed E-state index contributed by atoms with van der Waals surface area (Å²) >= 11 is 5.10. The zero-order valence-electron chi connectivity index (χ0n) is 10.6. The number of hydrogen-bond donors (Lipinski definition) is 3. The van der Waals surface area contributed by atoms with Gasteiger partial charge < -0.3 is 20.5 Å². The van der Waals surface area contributed by atoms with Gasteiger partial charge in [-0.05, 0) is 42.8 Å². The van der Waals surface area contributed by atoms with E-state index in [1.807, 2.05) is 24.3 Å². The van der Waals surface area contributed by atoms with Gasteiger partial charge in [0.2, 0.25) is 0 Å². The molecule has 0 radical (unpaired) electrons. The van der Waals surface area contributed by atoms with Gasteiger partial charge in [-0.3, -0.25) is 0 Å². The molecule has 0 saturated heterocycles. The molecule has 0 atom stereocenters. The highest BCUT2D eigenvalue weighted by Crippen LogP contribution is 2.11. The Labute approximate surface area is 113 Å². The quantitative estimate of drug-likeness (QED) is 0.510. The summed E-state index contributed by atoms with van der Waals surface area (Å²) in [6, 6.07) is 7.99. The van der Waals surface area contributed by atoms with Crippen molar-refractivity contribution < 1.29 is 9.84 Å². The molecule has 3 N–H and O–H groups in total. The summed E-state index contributed by atoms with van der Waals surface area (Å²) in [6.45, 7) is 1.67. The molecule has 0 unspecified atom stereocenters. The lowest BCUT2D eigenvalue weighted by Gasteiger charge is -2.10. The van der Waals surface area contributed by atoms with Crippen LogP contribution >= 0.6 is 12.2 Å². The van der Waals surface area contributed by atoms with E-state index in [9.17, 15) is 0 Å². The second-order valence-corrected chi connectivity index (χ2v) is 4.27. The zero-order valence-corrected chi connectivity index (χ0v) is 11.4. The van der Waals surface area contributed by atoms with E-state index in [2.05, 4.69) is 10.6 Å². The van der Waals surface area contributed by atoms with Gasteiger partial charge in [0.1, 0.15) is 5.75 Å². The number of nitrogens with one attached hydrogen (secondary N) is 2. The fourth-order valence-electron chi connectivity index (χ4n) is 1.46. The van der Waals surface area contributed by atoms with E-state index in [1.165, 1.54) is 5.56 Å². The van der Waals surface area contributed by atoms with Crippen molar-refractivity contribution in [3.8, 4) is 5.75 Å². The van der Waals surface area contributed by atoms with Crippen LogP contribution < -0.4 is 15.4 Å². The monoisotopic (exact) mass is 268 g/mol. The Balaban J connectivity index is 2.18. The Morgan fingerprint density at radius 2 is 1.89 bits per heavy atom. The van der Waals surface area contributed by atoms with Gasteiger partial charge in [-0.15, -0.1) is 0 Å². The van der Waals surface area contributed by atoms with Gasteiger partial charge in [0.25, 0.3) is 0 Å². The fraction of sp³-hybridized carbons (Fsp3) is 0.462. The molecule has 100 valence electrons.